The van der Waals surface area contributed by atoms with Crippen molar-refractivity contribution >= 4 is 5.91 Å². The van der Waals surface area contributed by atoms with Crippen molar-refractivity contribution in [1.29, 1.82) is 0 Å². The molecule has 0 atom stereocenters. The number of aromatic hydroxyl groups is 1. The Hall–Kier alpha value is -1.59. The molecule has 1 aromatic carbocycles. The van der Waals surface area contributed by atoms with E-state index in [1.807, 2.05) is 0 Å². The number of phenolic OH excluding ortho intramolecular Hbond substituents is 1. The fourth-order valence-corrected chi connectivity index (χ4v) is 1.31. The van der Waals surface area contributed by atoms with Gasteiger partial charge in [-0.15, -0.1) is 0 Å². The molecule has 1 rings (SSSR count). The number of hydrogen-bond donors (Lipinski definition) is 3. The van der Waals surface area contributed by atoms with Gasteiger partial charge in [0.15, 0.2) is 0 Å². The maximum Gasteiger partial charge on any atom is 0.251 e. The van der Waals surface area contributed by atoms with Crippen LogP contribution in [0, 0.1) is 0 Å². The summed E-state index contributed by atoms with van der Waals surface area (Å²) in [5.41, 5.74) is 5.71. The van der Waals surface area contributed by atoms with Gasteiger partial charge in [0.05, 0.1) is 6.61 Å². The van der Waals surface area contributed by atoms with E-state index in [-0.39, 0.29) is 11.7 Å². The summed E-state index contributed by atoms with van der Waals surface area (Å²) in [6.45, 7) is 2.17. The summed E-state index contributed by atoms with van der Waals surface area (Å²) >= 11 is 0. The summed E-state index contributed by atoms with van der Waals surface area (Å²) in [6.07, 6.45) is 0.741. The van der Waals surface area contributed by atoms with Crippen molar-refractivity contribution in [3.8, 4) is 5.75 Å². The number of hydrogen-bond acceptors (Lipinski definition) is 4. The molecule has 5 nitrogen and oxygen atoms in total. The lowest BCUT2D eigenvalue weighted by Gasteiger charge is -2.06. The first-order chi connectivity index (χ1) is 8.24. The van der Waals surface area contributed by atoms with Gasteiger partial charge in [-0.05, 0) is 24.6 Å². The van der Waals surface area contributed by atoms with E-state index in [2.05, 4.69) is 5.32 Å². The minimum absolute atomic E-state index is 0.0870. The van der Waals surface area contributed by atoms with E-state index in [1.165, 1.54) is 12.1 Å². The second-order valence-corrected chi connectivity index (χ2v) is 3.56. The molecule has 0 aromatic heterocycles. The van der Waals surface area contributed by atoms with Crippen molar-refractivity contribution in [3.63, 3.8) is 0 Å². The Kier molecular flexibility index (Phi) is 6.06. The third-order valence-corrected chi connectivity index (χ3v) is 2.12. The zero-order chi connectivity index (χ0) is 12.5. The number of carbonyl (C=O) groups is 1. The monoisotopic (exact) mass is 238 g/mol. The summed E-state index contributed by atoms with van der Waals surface area (Å²) in [7, 11) is 0. The fourth-order valence-electron chi connectivity index (χ4n) is 1.31. The third-order valence-electron chi connectivity index (χ3n) is 2.12. The van der Waals surface area contributed by atoms with Crippen LogP contribution >= 0.6 is 0 Å². The van der Waals surface area contributed by atoms with E-state index < -0.39 is 0 Å². The molecular formula is C12H18N2O3. The van der Waals surface area contributed by atoms with Crippen molar-refractivity contribution in [3.05, 3.63) is 29.8 Å². The van der Waals surface area contributed by atoms with Crippen molar-refractivity contribution in [2.45, 2.75) is 6.42 Å². The highest BCUT2D eigenvalue weighted by Gasteiger charge is 2.04. The predicted octanol–water partition coefficient (Wildman–Crippen LogP) is 0.487. The van der Waals surface area contributed by atoms with Crippen molar-refractivity contribution in [1.82, 2.24) is 5.32 Å². The highest BCUT2D eigenvalue weighted by Crippen LogP contribution is 2.10. The SMILES string of the molecule is NCCOCCCNC(=O)c1cccc(O)c1. The summed E-state index contributed by atoms with van der Waals surface area (Å²) < 4.78 is 5.17. The lowest BCUT2D eigenvalue weighted by molar-refractivity contribution is 0.0942. The number of carbonyl (C=O) groups excluding carboxylic acids is 1. The van der Waals surface area contributed by atoms with Gasteiger partial charge >= 0.3 is 0 Å². The van der Waals surface area contributed by atoms with Crippen LogP contribution in [0.4, 0.5) is 0 Å². The van der Waals surface area contributed by atoms with Crippen LogP contribution in [0.5, 0.6) is 5.75 Å². The molecule has 0 saturated heterocycles. The van der Waals surface area contributed by atoms with Gasteiger partial charge in [0.2, 0.25) is 0 Å². The molecule has 0 unspecified atom stereocenters. The Balaban J connectivity index is 2.21. The van der Waals surface area contributed by atoms with Gasteiger partial charge in [0, 0.05) is 25.3 Å². The smallest absolute Gasteiger partial charge is 0.251 e. The summed E-state index contributed by atoms with van der Waals surface area (Å²) in [6, 6.07) is 6.24. The van der Waals surface area contributed by atoms with E-state index in [0.717, 1.165) is 6.42 Å². The van der Waals surface area contributed by atoms with Gasteiger partial charge in [0.1, 0.15) is 5.75 Å². The third kappa shape index (κ3) is 5.33. The van der Waals surface area contributed by atoms with Crippen molar-refractivity contribution in [2.24, 2.45) is 5.73 Å². The predicted molar refractivity (Wildman–Crippen MR) is 64.9 cm³/mol. The Morgan fingerprint density at radius 1 is 1.41 bits per heavy atom. The molecule has 94 valence electrons. The number of nitrogens with one attached hydrogen (secondary N) is 1. The minimum atomic E-state index is -0.195. The van der Waals surface area contributed by atoms with Gasteiger partial charge in [-0.3, -0.25) is 4.79 Å². The zero-order valence-electron chi connectivity index (χ0n) is 9.69. The molecule has 0 radical (unpaired) electrons. The molecule has 0 heterocycles. The number of nitrogens with two attached hydrogens (primary N) is 1. The first kappa shape index (κ1) is 13.5. The molecule has 0 aliphatic heterocycles. The van der Waals surface area contributed by atoms with Gasteiger partial charge in [-0.25, -0.2) is 0 Å². The van der Waals surface area contributed by atoms with Crippen LogP contribution in [-0.4, -0.2) is 37.3 Å². The largest absolute Gasteiger partial charge is 0.508 e. The summed E-state index contributed by atoms with van der Waals surface area (Å²) in [5, 5.41) is 12.0. The molecule has 17 heavy (non-hydrogen) atoms. The van der Waals surface area contributed by atoms with Crippen LogP contribution < -0.4 is 11.1 Å². The molecule has 0 fully saturated rings. The lowest BCUT2D eigenvalue weighted by Crippen LogP contribution is -2.25. The van der Waals surface area contributed by atoms with Crippen molar-refractivity contribution in [2.75, 3.05) is 26.3 Å². The first-order valence-corrected chi connectivity index (χ1v) is 5.59. The fraction of sp³-hybridized carbons (Fsp3) is 0.417. The standard InChI is InChI=1S/C12H18N2O3/c13-5-8-17-7-2-6-14-12(16)10-3-1-4-11(15)9-10/h1,3-4,9,15H,2,5-8,13H2,(H,14,16). The van der Waals surface area contributed by atoms with E-state index in [4.69, 9.17) is 10.5 Å². The van der Waals surface area contributed by atoms with Gasteiger partial charge in [0.25, 0.3) is 5.91 Å². The lowest BCUT2D eigenvalue weighted by atomic mass is 10.2. The second-order valence-electron chi connectivity index (χ2n) is 3.56. The molecule has 0 bridgehead atoms. The van der Waals surface area contributed by atoms with Crippen LogP contribution in [-0.2, 0) is 4.74 Å². The minimum Gasteiger partial charge on any atom is -0.508 e. The maximum absolute atomic E-state index is 11.6. The van der Waals surface area contributed by atoms with Crippen LogP contribution in [0.15, 0.2) is 24.3 Å². The average Bonchev–Trinajstić information content (AvgIpc) is 2.33. The molecule has 0 aliphatic rings. The summed E-state index contributed by atoms with van der Waals surface area (Å²) in [4.78, 5) is 11.6. The van der Waals surface area contributed by atoms with E-state index in [0.29, 0.717) is 31.9 Å². The number of ether oxygens (including phenoxy) is 1. The van der Waals surface area contributed by atoms with Crippen molar-refractivity contribution < 1.29 is 14.6 Å². The highest BCUT2D eigenvalue weighted by molar-refractivity contribution is 5.94. The van der Waals surface area contributed by atoms with Gasteiger partial charge in [-0.1, -0.05) is 6.07 Å². The molecule has 1 aromatic rings. The van der Waals surface area contributed by atoms with Crippen LogP contribution in [0.3, 0.4) is 0 Å². The Morgan fingerprint density at radius 2 is 2.24 bits per heavy atom. The van der Waals surface area contributed by atoms with Gasteiger partial charge in [-0.2, -0.15) is 0 Å². The highest BCUT2D eigenvalue weighted by atomic mass is 16.5. The number of phenols is 1. The molecule has 0 saturated carbocycles. The van der Waals surface area contributed by atoms with E-state index in [9.17, 15) is 9.90 Å². The van der Waals surface area contributed by atoms with Crippen LogP contribution in [0.1, 0.15) is 16.8 Å². The number of rotatable bonds is 7. The Morgan fingerprint density at radius 3 is 2.94 bits per heavy atom. The molecular weight excluding hydrogens is 220 g/mol. The topological polar surface area (TPSA) is 84.6 Å². The molecule has 5 heteroatoms. The van der Waals surface area contributed by atoms with E-state index in [1.54, 1.807) is 12.1 Å². The van der Waals surface area contributed by atoms with Gasteiger partial charge < -0.3 is 20.9 Å². The summed E-state index contributed by atoms with van der Waals surface area (Å²) in [5.74, 6) is -0.108. The molecule has 0 spiro atoms. The zero-order valence-corrected chi connectivity index (χ0v) is 9.69. The average molecular weight is 238 g/mol. The number of amides is 1. The molecule has 1 amide bonds. The first-order valence-electron chi connectivity index (χ1n) is 5.59. The number of benzene rings is 1. The quantitative estimate of drug-likeness (QED) is 0.603. The Labute approximate surface area is 101 Å². The maximum atomic E-state index is 11.6. The second kappa shape index (κ2) is 7.65. The Bertz CT molecular complexity index is 355. The molecule has 0 aliphatic carbocycles. The van der Waals surface area contributed by atoms with E-state index >= 15 is 0 Å². The van der Waals surface area contributed by atoms with Crippen LogP contribution in [0.25, 0.3) is 0 Å². The van der Waals surface area contributed by atoms with Crippen LogP contribution in [0.2, 0.25) is 0 Å². The molecule has 4 N–H and O–H groups in total. The normalized spacial score (nSPS) is 10.2.